The van der Waals surface area contributed by atoms with Crippen LogP contribution in [0.3, 0.4) is 0 Å². The van der Waals surface area contributed by atoms with Crippen molar-refractivity contribution in [3.8, 4) is 0 Å². The highest BCUT2D eigenvalue weighted by molar-refractivity contribution is 5.74. The van der Waals surface area contributed by atoms with Crippen LogP contribution in [0.1, 0.15) is 24.8 Å². The largest absolute Gasteiger partial charge is 0.480 e. The Morgan fingerprint density at radius 3 is 2.73 bits per heavy atom. The van der Waals surface area contributed by atoms with E-state index in [-0.39, 0.29) is 17.3 Å². The standard InChI is InChI=1S/C17H23FN2O2/c1-19-12-17(10-15(19)16(21)22)5-7-20(8-6-17)11-13-3-2-4-14(18)9-13/h2-4,9,15H,5-8,10-12H2,1H3,(H,21,22)/t15-/m0/s1. The Kier molecular flexibility index (Phi) is 4.19. The summed E-state index contributed by atoms with van der Waals surface area (Å²) in [5.74, 6) is -0.894. The van der Waals surface area contributed by atoms with Crippen LogP contribution in [0.5, 0.6) is 0 Å². The Morgan fingerprint density at radius 2 is 2.14 bits per heavy atom. The molecule has 1 aromatic carbocycles. The highest BCUT2D eigenvalue weighted by Crippen LogP contribution is 2.43. The SMILES string of the molecule is CN1CC2(CCN(Cc3cccc(F)c3)CC2)C[C@H]1C(=O)O. The summed E-state index contributed by atoms with van der Waals surface area (Å²) in [7, 11) is 1.91. The lowest BCUT2D eigenvalue weighted by molar-refractivity contribution is -0.141. The lowest BCUT2D eigenvalue weighted by Crippen LogP contribution is -2.40. The van der Waals surface area contributed by atoms with E-state index < -0.39 is 5.97 Å². The first kappa shape index (κ1) is 15.4. The highest BCUT2D eigenvalue weighted by atomic mass is 19.1. The van der Waals surface area contributed by atoms with Gasteiger partial charge >= 0.3 is 5.97 Å². The van der Waals surface area contributed by atoms with E-state index in [1.165, 1.54) is 6.07 Å². The molecular weight excluding hydrogens is 283 g/mol. The number of nitrogens with zero attached hydrogens (tertiary/aromatic N) is 2. The van der Waals surface area contributed by atoms with Crippen molar-refractivity contribution >= 4 is 5.97 Å². The molecule has 4 nitrogen and oxygen atoms in total. The van der Waals surface area contributed by atoms with Crippen molar-refractivity contribution in [3.05, 3.63) is 35.6 Å². The summed E-state index contributed by atoms with van der Waals surface area (Å²) in [5.41, 5.74) is 1.15. The minimum atomic E-state index is -0.707. The number of likely N-dealkylation sites (tertiary alicyclic amines) is 2. The van der Waals surface area contributed by atoms with Crippen LogP contribution in [0.4, 0.5) is 4.39 Å². The molecule has 2 aliphatic heterocycles. The van der Waals surface area contributed by atoms with Crippen LogP contribution in [-0.4, -0.2) is 53.6 Å². The Labute approximate surface area is 130 Å². The van der Waals surface area contributed by atoms with Crippen LogP contribution < -0.4 is 0 Å². The van der Waals surface area contributed by atoms with E-state index in [4.69, 9.17) is 0 Å². The second kappa shape index (κ2) is 5.97. The molecule has 1 N–H and O–H groups in total. The Bertz CT molecular complexity index is 555. The molecule has 0 saturated carbocycles. The molecule has 1 aromatic rings. The molecule has 1 atom stereocenters. The third-order valence-electron chi connectivity index (χ3n) is 5.24. The van der Waals surface area contributed by atoms with Crippen molar-refractivity contribution in [3.63, 3.8) is 0 Å². The van der Waals surface area contributed by atoms with E-state index in [0.717, 1.165) is 51.0 Å². The van der Waals surface area contributed by atoms with Gasteiger partial charge in [-0.3, -0.25) is 14.6 Å². The number of benzene rings is 1. The van der Waals surface area contributed by atoms with Gasteiger partial charge < -0.3 is 5.11 Å². The van der Waals surface area contributed by atoms with Gasteiger partial charge in [0.25, 0.3) is 0 Å². The lowest BCUT2D eigenvalue weighted by atomic mass is 9.76. The number of carboxylic acids is 1. The highest BCUT2D eigenvalue weighted by Gasteiger charge is 2.46. The number of likely N-dealkylation sites (N-methyl/N-ethyl adjacent to an activating group) is 1. The van der Waals surface area contributed by atoms with Gasteiger partial charge in [-0.1, -0.05) is 12.1 Å². The summed E-state index contributed by atoms with van der Waals surface area (Å²) in [6, 6.07) is 6.43. The number of piperidine rings is 1. The number of hydrogen-bond donors (Lipinski definition) is 1. The van der Waals surface area contributed by atoms with Gasteiger partial charge in [-0.15, -0.1) is 0 Å². The first-order valence-corrected chi connectivity index (χ1v) is 7.87. The fourth-order valence-electron chi connectivity index (χ4n) is 3.99. The second-order valence-electron chi connectivity index (χ2n) is 6.88. The van der Waals surface area contributed by atoms with Crippen molar-refractivity contribution in [1.82, 2.24) is 9.80 Å². The monoisotopic (exact) mass is 306 g/mol. The zero-order valence-corrected chi connectivity index (χ0v) is 13.0. The van der Waals surface area contributed by atoms with Gasteiger partial charge in [0.05, 0.1) is 0 Å². The second-order valence-corrected chi connectivity index (χ2v) is 6.88. The van der Waals surface area contributed by atoms with E-state index in [1.807, 2.05) is 18.0 Å². The molecular formula is C17H23FN2O2. The van der Waals surface area contributed by atoms with Gasteiger partial charge in [-0.25, -0.2) is 4.39 Å². The molecule has 2 saturated heterocycles. The molecule has 1 spiro atoms. The third kappa shape index (κ3) is 3.15. The van der Waals surface area contributed by atoms with Crippen LogP contribution in [0.2, 0.25) is 0 Å². The lowest BCUT2D eigenvalue weighted by Gasteiger charge is -2.39. The number of hydrogen-bond acceptors (Lipinski definition) is 3. The molecule has 0 aromatic heterocycles. The van der Waals surface area contributed by atoms with Gasteiger partial charge in [0.15, 0.2) is 0 Å². The molecule has 22 heavy (non-hydrogen) atoms. The zero-order valence-electron chi connectivity index (χ0n) is 13.0. The van der Waals surface area contributed by atoms with Crippen LogP contribution >= 0.6 is 0 Å². The summed E-state index contributed by atoms with van der Waals surface area (Å²) in [5, 5.41) is 9.28. The number of carbonyl (C=O) groups is 1. The minimum Gasteiger partial charge on any atom is -0.480 e. The first-order valence-electron chi connectivity index (χ1n) is 7.87. The molecule has 3 rings (SSSR count). The summed E-state index contributed by atoms with van der Waals surface area (Å²) in [4.78, 5) is 15.6. The summed E-state index contributed by atoms with van der Waals surface area (Å²) < 4.78 is 13.2. The summed E-state index contributed by atoms with van der Waals surface area (Å²) in [6.45, 7) is 3.55. The molecule has 2 fully saturated rings. The molecule has 2 heterocycles. The van der Waals surface area contributed by atoms with Crippen molar-refractivity contribution < 1.29 is 14.3 Å². The Hall–Kier alpha value is -1.46. The molecule has 0 unspecified atom stereocenters. The van der Waals surface area contributed by atoms with Crippen molar-refractivity contribution in [2.45, 2.75) is 31.8 Å². The maximum absolute atomic E-state index is 13.2. The number of aliphatic carboxylic acids is 1. The molecule has 2 aliphatic rings. The molecule has 0 aliphatic carbocycles. The molecule has 5 heteroatoms. The van der Waals surface area contributed by atoms with Crippen molar-refractivity contribution in [2.24, 2.45) is 5.41 Å². The number of halogens is 1. The predicted octanol–water partition coefficient (Wildman–Crippen LogP) is 2.20. The maximum Gasteiger partial charge on any atom is 0.320 e. The fraction of sp³-hybridized carbons (Fsp3) is 0.588. The van der Waals surface area contributed by atoms with E-state index in [1.54, 1.807) is 12.1 Å². The predicted molar refractivity (Wildman–Crippen MR) is 82.0 cm³/mol. The number of carboxylic acid groups (broad SMARTS) is 1. The minimum absolute atomic E-state index is 0.149. The summed E-state index contributed by atoms with van der Waals surface area (Å²) >= 11 is 0. The van der Waals surface area contributed by atoms with Gasteiger partial charge in [-0.05, 0) is 62.5 Å². The van der Waals surface area contributed by atoms with Crippen LogP contribution in [0.25, 0.3) is 0 Å². The van der Waals surface area contributed by atoms with Crippen LogP contribution in [0.15, 0.2) is 24.3 Å². The summed E-state index contributed by atoms with van der Waals surface area (Å²) in [6.07, 6.45) is 2.81. The Balaban J connectivity index is 1.58. The van der Waals surface area contributed by atoms with Crippen LogP contribution in [0, 0.1) is 11.2 Å². The van der Waals surface area contributed by atoms with Gasteiger partial charge in [0, 0.05) is 13.1 Å². The molecule has 0 radical (unpaired) electrons. The average Bonchev–Trinajstić information content (AvgIpc) is 2.79. The quantitative estimate of drug-likeness (QED) is 0.930. The maximum atomic E-state index is 13.2. The van der Waals surface area contributed by atoms with Gasteiger partial charge in [0.2, 0.25) is 0 Å². The molecule has 120 valence electrons. The van der Waals surface area contributed by atoms with Gasteiger partial charge in [-0.2, -0.15) is 0 Å². The smallest absolute Gasteiger partial charge is 0.320 e. The first-order chi connectivity index (χ1) is 10.5. The van der Waals surface area contributed by atoms with Crippen molar-refractivity contribution in [2.75, 3.05) is 26.7 Å². The molecule has 0 amide bonds. The topological polar surface area (TPSA) is 43.8 Å². The van der Waals surface area contributed by atoms with Crippen LogP contribution in [-0.2, 0) is 11.3 Å². The van der Waals surface area contributed by atoms with Crippen molar-refractivity contribution in [1.29, 1.82) is 0 Å². The van der Waals surface area contributed by atoms with E-state index >= 15 is 0 Å². The average molecular weight is 306 g/mol. The van der Waals surface area contributed by atoms with E-state index in [0.29, 0.717) is 0 Å². The third-order valence-corrected chi connectivity index (χ3v) is 5.24. The zero-order chi connectivity index (χ0) is 15.7. The normalized spacial score (nSPS) is 25.6. The van der Waals surface area contributed by atoms with E-state index in [9.17, 15) is 14.3 Å². The Morgan fingerprint density at radius 1 is 1.41 bits per heavy atom. The number of rotatable bonds is 3. The van der Waals surface area contributed by atoms with E-state index in [2.05, 4.69) is 4.90 Å². The fourth-order valence-corrected chi connectivity index (χ4v) is 3.99. The molecule has 0 bridgehead atoms. The van der Waals surface area contributed by atoms with Gasteiger partial charge in [0.1, 0.15) is 11.9 Å².